The van der Waals surface area contributed by atoms with Crippen LogP contribution in [-0.4, -0.2) is 9.97 Å². The minimum atomic E-state index is 0.498. The van der Waals surface area contributed by atoms with E-state index in [4.69, 9.17) is 9.97 Å². The molecule has 0 bridgehead atoms. The molecule has 0 radical (unpaired) electrons. The summed E-state index contributed by atoms with van der Waals surface area (Å²) in [6.45, 7) is 4.49. The lowest BCUT2D eigenvalue weighted by Gasteiger charge is -2.27. The first-order valence-electron chi connectivity index (χ1n) is 12.1. The van der Waals surface area contributed by atoms with Gasteiger partial charge in [-0.15, -0.1) is 0 Å². The Morgan fingerprint density at radius 3 is 2.30 bits per heavy atom. The highest BCUT2D eigenvalue weighted by Crippen LogP contribution is 2.36. The second-order valence-electron chi connectivity index (χ2n) is 8.99. The van der Waals surface area contributed by atoms with Crippen LogP contribution in [0.2, 0.25) is 0 Å². The van der Waals surface area contributed by atoms with Crippen molar-refractivity contribution in [2.75, 3.05) is 0 Å². The van der Waals surface area contributed by atoms with Gasteiger partial charge in [0, 0.05) is 29.4 Å². The standard InChI is InChI=1S/C27H37N3/c1-3-5-7-9-21-11-14-23(15-12-21)27-29-19-25(20-30-27)26-16-13-22(10-8-6-4-2)17-24(26)18-28/h13,16-17,19-21,23H,3-12,14-15H2,1-2H3/t21-,23-. The second kappa shape index (κ2) is 11.8. The van der Waals surface area contributed by atoms with E-state index < -0.39 is 0 Å². The fraction of sp³-hybridized carbons (Fsp3) is 0.593. The molecule has 1 fully saturated rings. The number of nitriles is 1. The Bertz CT molecular complexity index is 811. The van der Waals surface area contributed by atoms with E-state index in [1.807, 2.05) is 18.5 Å². The van der Waals surface area contributed by atoms with Gasteiger partial charge in [0.05, 0.1) is 11.6 Å². The van der Waals surface area contributed by atoms with E-state index in [0.29, 0.717) is 5.92 Å². The van der Waals surface area contributed by atoms with Crippen LogP contribution < -0.4 is 0 Å². The molecule has 3 heteroatoms. The molecule has 3 nitrogen and oxygen atoms in total. The van der Waals surface area contributed by atoms with Crippen LogP contribution >= 0.6 is 0 Å². The van der Waals surface area contributed by atoms with Crippen molar-refractivity contribution in [3.05, 3.63) is 47.5 Å². The second-order valence-corrected chi connectivity index (χ2v) is 8.99. The Balaban J connectivity index is 1.61. The Hall–Kier alpha value is -2.21. The van der Waals surface area contributed by atoms with Crippen LogP contribution in [0.1, 0.15) is 107 Å². The van der Waals surface area contributed by atoms with E-state index in [2.05, 4.69) is 32.0 Å². The van der Waals surface area contributed by atoms with E-state index in [9.17, 15) is 5.26 Å². The number of hydrogen-bond donors (Lipinski definition) is 0. The van der Waals surface area contributed by atoms with Crippen molar-refractivity contribution in [1.29, 1.82) is 5.26 Å². The zero-order chi connectivity index (χ0) is 21.2. The summed E-state index contributed by atoms with van der Waals surface area (Å²) in [7, 11) is 0. The largest absolute Gasteiger partial charge is 0.240 e. The Morgan fingerprint density at radius 1 is 0.933 bits per heavy atom. The van der Waals surface area contributed by atoms with Gasteiger partial charge in [-0.1, -0.05) is 64.5 Å². The van der Waals surface area contributed by atoms with Gasteiger partial charge >= 0.3 is 0 Å². The lowest BCUT2D eigenvalue weighted by molar-refractivity contribution is 0.297. The first kappa shape index (κ1) is 22.5. The van der Waals surface area contributed by atoms with Gasteiger partial charge in [0.15, 0.2) is 0 Å². The molecule has 30 heavy (non-hydrogen) atoms. The molecule has 0 unspecified atom stereocenters. The lowest BCUT2D eigenvalue weighted by atomic mass is 9.79. The maximum atomic E-state index is 9.65. The van der Waals surface area contributed by atoms with Gasteiger partial charge in [0.2, 0.25) is 0 Å². The minimum Gasteiger partial charge on any atom is -0.240 e. The van der Waals surface area contributed by atoms with Gasteiger partial charge in [-0.05, 0) is 56.1 Å². The molecule has 2 aromatic rings. The van der Waals surface area contributed by atoms with Crippen molar-refractivity contribution >= 4 is 0 Å². The molecule has 0 amide bonds. The van der Waals surface area contributed by atoms with Crippen molar-refractivity contribution in [2.45, 2.75) is 96.8 Å². The third kappa shape index (κ3) is 6.14. The van der Waals surface area contributed by atoms with Crippen LogP contribution in [0.4, 0.5) is 0 Å². The molecule has 0 saturated heterocycles. The first-order chi connectivity index (χ1) is 14.7. The maximum Gasteiger partial charge on any atom is 0.131 e. The quantitative estimate of drug-likeness (QED) is 0.384. The maximum absolute atomic E-state index is 9.65. The summed E-state index contributed by atoms with van der Waals surface area (Å²) in [5.74, 6) is 2.39. The molecule has 1 aromatic heterocycles. The minimum absolute atomic E-state index is 0.498. The van der Waals surface area contributed by atoms with E-state index in [0.717, 1.165) is 34.9 Å². The average Bonchev–Trinajstić information content (AvgIpc) is 2.80. The van der Waals surface area contributed by atoms with Crippen LogP contribution in [0.5, 0.6) is 0 Å². The molecule has 3 rings (SSSR count). The lowest BCUT2D eigenvalue weighted by Crippen LogP contribution is -2.15. The number of unbranched alkanes of at least 4 members (excludes halogenated alkanes) is 4. The van der Waals surface area contributed by atoms with Crippen molar-refractivity contribution < 1.29 is 0 Å². The third-order valence-electron chi connectivity index (χ3n) is 6.68. The molecule has 1 aliphatic rings. The van der Waals surface area contributed by atoms with Crippen molar-refractivity contribution in [3.63, 3.8) is 0 Å². The topological polar surface area (TPSA) is 49.6 Å². The number of rotatable bonds is 10. The molecule has 1 saturated carbocycles. The summed E-state index contributed by atoms with van der Waals surface area (Å²) in [6, 6.07) is 8.63. The van der Waals surface area contributed by atoms with Crippen molar-refractivity contribution in [1.82, 2.24) is 9.97 Å². The molecule has 0 aliphatic heterocycles. The van der Waals surface area contributed by atoms with Crippen LogP contribution in [0.15, 0.2) is 30.6 Å². The SMILES string of the molecule is CCCCCc1ccc(-c2cnc([C@H]3CC[C@H](CCCCC)CC3)nc2)c(C#N)c1. The fourth-order valence-electron chi connectivity index (χ4n) is 4.75. The Morgan fingerprint density at radius 2 is 1.63 bits per heavy atom. The fourth-order valence-corrected chi connectivity index (χ4v) is 4.75. The van der Waals surface area contributed by atoms with Gasteiger partial charge in [-0.3, -0.25) is 0 Å². The number of aromatic nitrogens is 2. The van der Waals surface area contributed by atoms with Gasteiger partial charge in [0.1, 0.15) is 5.82 Å². The van der Waals surface area contributed by atoms with E-state index in [-0.39, 0.29) is 0 Å². The number of aryl methyl sites for hydroxylation is 1. The molecule has 0 atom stereocenters. The number of hydrogen-bond acceptors (Lipinski definition) is 3. The molecular weight excluding hydrogens is 366 g/mol. The van der Waals surface area contributed by atoms with Crippen LogP contribution in [0.25, 0.3) is 11.1 Å². The number of benzene rings is 1. The highest BCUT2D eigenvalue weighted by Gasteiger charge is 2.24. The summed E-state index contributed by atoms with van der Waals surface area (Å²) in [5, 5.41) is 9.65. The molecular formula is C27H37N3. The van der Waals surface area contributed by atoms with Gasteiger partial charge in [0.25, 0.3) is 0 Å². The molecule has 160 valence electrons. The average molecular weight is 404 g/mol. The molecule has 1 aliphatic carbocycles. The number of nitrogens with zero attached hydrogens (tertiary/aromatic N) is 3. The highest BCUT2D eigenvalue weighted by molar-refractivity contribution is 5.69. The van der Waals surface area contributed by atoms with Crippen LogP contribution in [0, 0.1) is 17.2 Å². The van der Waals surface area contributed by atoms with E-state index in [1.54, 1.807) is 0 Å². The summed E-state index contributed by atoms with van der Waals surface area (Å²) < 4.78 is 0. The summed E-state index contributed by atoms with van der Waals surface area (Å²) in [4.78, 5) is 9.43. The molecule has 0 spiro atoms. The normalized spacial score (nSPS) is 18.8. The van der Waals surface area contributed by atoms with E-state index >= 15 is 0 Å². The van der Waals surface area contributed by atoms with Crippen LogP contribution in [-0.2, 0) is 6.42 Å². The highest BCUT2D eigenvalue weighted by atomic mass is 14.9. The van der Waals surface area contributed by atoms with Crippen molar-refractivity contribution in [3.8, 4) is 17.2 Å². The molecule has 1 aromatic carbocycles. The summed E-state index contributed by atoms with van der Waals surface area (Å²) >= 11 is 0. The predicted octanol–water partition coefficient (Wildman–Crippen LogP) is 7.60. The zero-order valence-electron chi connectivity index (χ0n) is 18.9. The predicted molar refractivity (Wildman–Crippen MR) is 124 cm³/mol. The van der Waals surface area contributed by atoms with Crippen molar-refractivity contribution in [2.24, 2.45) is 5.92 Å². The van der Waals surface area contributed by atoms with Crippen LogP contribution in [0.3, 0.4) is 0 Å². The Labute approximate surface area is 183 Å². The summed E-state index contributed by atoms with van der Waals surface area (Å²) in [6.07, 6.45) is 19.0. The third-order valence-corrected chi connectivity index (χ3v) is 6.68. The zero-order valence-corrected chi connectivity index (χ0v) is 18.9. The van der Waals surface area contributed by atoms with E-state index in [1.165, 1.54) is 76.2 Å². The molecule has 0 N–H and O–H groups in total. The smallest absolute Gasteiger partial charge is 0.131 e. The summed E-state index contributed by atoms with van der Waals surface area (Å²) in [5.41, 5.74) is 3.87. The molecule has 1 heterocycles. The Kier molecular flexibility index (Phi) is 8.87. The van der Waals surface area contributed by atoms with Gasteiger partial charge < -0.3 is 0 Å². The first-order valence-corrected chi connectivity index (χ1v) is 12.1. The monoisotopic (exact) mass is 403 g/mol. The van der Waals surface area contributed by atoms with Gasteiger partial charge in [-0.25, -0.2) is 9.97 Å². The van der Waals surface area contributed by atoms with Gasteiger partial charge in [-0.2, -0.15) is 5.26 Å².